The smallest absolute Gasteiger partial charge is 0.0178 e. The first-order valence-electron chi connectivity index (χ1n) is 11.4. The average molecular weight is 389 g/mol. The van der Waals surface area contributed by atoms with E-state index < -0.39 is 0 Å². The highest BCUT2D eigenvalue weighted by molar-refractivity contribution is 5.75. The first kappa shape index (κ1) is 23.2. The monoisotopic (exact) mass is 388 g/mol. The van der Waals surface area contributed by atoms with E-state index in [0.29, 0.717) is 0 Å². The third kappa shape index (κ3) is 6.74. The van der Waals surface area contributed by atoms with E-state index >= 15 is 0 Å². The van der Waals surface area contributed by atoms with Crippen molar-refractivity contribution in [2.45, 2.75) is 73.1 Å². The van der Waals surface area contributed by atoms with Gasteiger partial charge in [0, 0.05) is 0 Å². The molecule has 0 fully saturated rings. The lowest BCUT2D eigenvalue weighted by atomic mass is 9.86. The fourth-order valence-corrected chi connectivity index (χ4v) is 4.19. The van der Waals surface area contributed by atoms with Crippen molar-refractivity contribution in [3.63, 3.8) is 0 Å². The van der Waals surface area contributed by atoms with Crippen molar-refractivity contribution >= 4 is 11.1 Å². The molecular formula is C29H40. The molecule has 29 heavy (non-hydrogen) atoms. The Labute approximate surface area is 179 Å². The summed E-state index contributed by atoms with van der Waals surface area (Å²) in [6.07, 6.45) is 7.66. The molecule has 0 saturated carbocycles. The van der Waals surface area contributed by atoms with Gasteiger partial charge in [0.25, 0.3) is 0 Å². The second-order valence-corrected chi connectivity index (χ2v) is 9.03. The predicted octanol–water partition coefficient (Wildman–Crippen LogP) is 9.34. The van der Waals surface area contributed by atoms with Crippen LogP contribution in [0.2, 0.25) is 0 Å². The Morgan fingerprint density at radius 2 is 1.55 bits per heavy atom. The lowest BCUT2D eigenvalue weighted by Crippen LogP contribution is -2.08. The molecule has 0 aromatic heterocycles. The third-order valence-corrected chi connectivity index (χ3v) is 6.24. The van der Waals surface area contributed by atoms with Crippen LogP contribution in [0.3, 0.4) is 0 Å². The van der Waals surface area contributed by atoms with Crippen molar-refractivity contribution in [3.8, 4) is 11.1 Å². The Balaban J connectivity index is 2.01. The van der Waals surface area contributed by atoms with Gasteiger partial charge in [0.1, 0.15) is 0 Å². The summed E-state index contributed by atoms with van der Waals surface area (Å²) >= 11 is 0. The van der Waals surface area contributed by atoms with Crippen LogP contribution >= 0.6 is 0 Å². The molecule has 0 nitrogen and oxygen atoms in total. The number of rotatable bonds is 11. The van der Waals surface area contributed by atoms with Crippen LogP contribution < -0.4 is 0 Å². The van der Waals surface area contributed by atoms with Crippen molar-refractivity contribution in [1.82, 2.24) is 0 Å². The standard InChI is InChI=1S/C29H40/c1-8-11-25(21(2)3)13-10-9-12-23(6)29-20-28(15-14-24(29)7)27-18-16-26(17-19-27)22(4)5/h14-21,25H,4,6,8-13H2,1-3,5,7H3. The van der Waals surface area contributed by atoms with Gasteiger partial charge in [-0.05, 0) is 78.0 Å². The maximum atomic E-state index is 4.43. The summed E-state index contributed by atoms with van der Waals surface area (Å²) in [6, 6.07) is 15.5. The topological polar surface area (TPSA) is 0 Å². The normalized spacial score (nSPS) is 12.2. The zero-order valence-corrected chi connectivity index (χ0v) is 19.4. The summed E-state index contributed by atoms with van der Waals surface area (Å²) in [7, 11) is 0. The van der Waals surface area contributed by atoms with Gasteiger partial charge >= 0.3 is 0 Å². The molecule has 2 rings (SSSR count). The zero-order valence-electron chi connectivity index (χ0n) is 19.4. The first-order valence-corrected chi connectivity index (χ1v) is 11.4. The van der Waals surface area contributed by atoms with Crippen molar-refractivity contribution in [1.29, 1.82) is 0 Å². The minimum absolute atomic E-state index is 0.799. The van der Waals surface area contributed by atoms with Crippen LogP contribution in [0.5, 0.6) is 0 Å². The fraction of sp³-hybridized carbons (Fsp3) is 0.448. The maximum absolute atomic E-state index is 4.43. The number of benzene rings is 2. The minimum Gasteiger partial charge on any atom is -0.0955 e. The molecule has 0 saturated heterocycles. The first-order chi connectivity index (χ1) is 13.8. The largest absolute Gasteiger partial charge is 0.0955 e. The van der Waals surface area contributed by atoms with Gasteiger partial charge in [-0.1, -0.05) is 102 Å². The fourth-order valence-electron chi connectivity index (χ4n) is 4.19. The van der Waals surface area contributed by atoms with Gasteiger partial charge in [0.2, 0.25) is 0 Å². The van der Waals surface area contributed by atoms with Gasteiger partial charge < -0.3 is 0 Å². The number of hydrogen-bond acceptors (Lipinski definition) is 0. The average Bonchev–Trinajstić information content (AvgIpc) is 2.70. The molecule has 0 heterocycles. The Bertz CT molecular complexity index is 804. The van der Waals surface area contributed by atoms with Gasteiger partial charge in [0.15, 0.2) is 0 Å². The van der Waals surface area contributed by atoms with Crippen molar-refractivity contribution in [2.24, 2.45) is 11.8 Å². The van der Waals surface area contributed by atoms with E-state index in [1.165, 1.54) is 65.5 Å². The van der Waals surface area contributed by atoms with E-state index in [9.17, 15) is 0 Å². The molecule has 0 spiro atoms. The summed E-state index contributed by atoms with van der Waals surface area (Å²) in [5.74, 6) is 1.67. The van der Waals surface area contributed by atoms with E-state index in [1.54, 1.807) is 0 Å². The third-order valence-electron chi connectivity index (χ3n) is 6.24. The molecule has 2 aromatic carbocycles. The molecule has 2 aromatic rings. The van der Waals surface area contributed by atoms with Gasteiger partial charge in [-0.25, -0.2) is 0 Å². The molecule has 0 heteroatoms. The summed E-state index contributed by atoms with van der Waals surface area (Å²) in [5, 5.41) is 0. The Hall–Kier alpha value is -2.08. The Morgan fingerprint density at radius 3 is 2.14 bits per heavy atom. The predicted molar refractivity (Wildman–Crippen MR) is 132 cm³/mol. The lowest BCUT2D eigenvalue weighted by Gasteiger charge is -2.20. The van der Waals surface area contributed by atoms with Crippen molar-refractivity contribution in [2.75, 3.05) is 0 Å². The Morgan fingerprint density at radius 1 is 0.897 bits per heavy atom. The molecule has 156 valence electrons. The molecule has 0 aliphatic heterocycles. The summed E-state index contributed by atoms with van der Waals surface area (Å²) in [5.41, 5.74) is 8.75. The number of allylic oxidation sites excluding steroid dienone is 2. The second kappa shape index (κ2) is 11.2. The minimum atomic E-state index is 0.799. The molecule has 0 aliphatic carbocycles. The van der Waals surface area contributed by atoms with Crippen molar-refractivity contribution in [3.05, 3.63) is 72.3 Å². The van der Waals surface area contributed by atoms with Crippen LogP contribution in [0.1, 0.15) is 82.9 Å². The van der Waals surface area contributed by atoms with Gasteiger partial charge in [-0.2, -0.15) is 0 Å². The van der Waals surface area contributed by atoms with Gasteiger partial charge in [-0.3, -0.25) is 0 Å². The van der Waals surface area contributed by atoms with Crippen LogP contribution in [0.25, 0.3) is 22.3 Å². The number of unbranched alkanes of at least 4 members (excludes halogenated alkanes) is 1. The number of hydrogen-bond donors (Lipinski definition) is 0. The van der Waals surface area contributed by atoms with Crippen LogP contribution in [-0.2, 0) is 0 Å². The highest BCUT2D eigenvalue weighted by atomic mass is 14.2. The molecule has 1 atom stereocenters. The molecule has 0 aliphatic rings. The van der Waals surface area contributed by atoms with Gasteiger partial charge in [-0.15, -0.1) is 0 Å². The van der Waals surface area contributed by atoms with Crippen LogP contribution in [0.4, 0.5) is 0 Å². The van der Waals surface area contributed by atoms with E-state index in [2.05, 4.69) is 90.2 Å². The Kier molecular flexibility index (Phi) is 8.96. The highest BCUT2D eigenvalue weighted by Crippen LogP contribution is 2.30. The summed E-state index contributed by atoms with van der Waals surface area (Å²) in [4.78, 5) is 0. The molecule has 0 amide bonds. The molecule has 1 unspecified atom stereocenters. The maximum Gasteiger partial charge on any atom is -0.0178 e. The van der Waals surface area contributed by atoms with Crippen LogP contribution in [-0.4, -0.2) is 0 Å². The summed E-state index contributed by atoms with van der Waals surface area (Å²) in [6.45, 7) is 19.8. The molecular weight excluding hydrogens is 348 g/mol. The SMILES string of the molecule is C=C(C)c1ccc(-c2ccc(C)c(C(=C)CCCCC(CCC)C(C)C)c2)cc1. The number of aryl methyl sites for hydroxylation is 1. The van der Waals surface area contributed by atoms with E-state index in [1.807, 2.05) is 0 Å². The van der Waals surface area contributed by atoms with Crippen LogP contribution in [0.15, 0.2) is 55.6 Å². The van der Waals surface area contributed by atoms with E-state index in [-0.39, 0.29) is 0 Å². The molecule has 0 bridgehead atoms. The zero-order chi connectivity index (χ0) is 21.4. The van der Waals surface area contributed by atoms with Crippen molar-refractivity contribution < 1.29 is 0 Å². The summed E-state index contributed by atoms with van der Waals surface area (Å²) < 4.78 is 0. The molecule has 0 N–H and O–H groups in total. The lowest BCUT2D eigenvalue weighted by molar-refractivity contribution is 0.324. The van der Waals surface area contributed by atoms with Crippen LogP contribution in [0, 0.1) is 18.8 Å². The highest BCUT2D eigenvalue weighted by Gasteiger charge is 2.12. The quantitative estimate of drug-likeness (QED) is 0.336. The van der Waals surface area contributed by atoms with E-state index in [4.69, 9.17) is 0 Å². The van der Waals surface area contributed by atoms with Gasteiger partial charge in [0.05, 0.1) is 0 Å². The molecule has 0 radical (unpaired) electrons. The van der Waals surface area contributed by atoms with E-state index in [0.717, 1.165) is 23.8 Å². The second-order valence-electron chi connectivity index (χ2n) is 9.03.